The molecule has 0 amide bonds. The number of aryl methyl sites for hydroxylation is 1. The van der Waals surface area contributed by atoms with Gasteiger partial charge in [0.2, 0.25) is 10.0 Å². The summed E-state index contributed by atoms with van der Waals surface area (Å²) in [6, 6.07) is 20.4. The van der Waals surface area contributed by atoms with Crippen LogP contribution in [0, 0.1) is 0 Å². The maximum atomic E-state index is 12.4. The molecule has 0 aliphatic carbocycles. The van der Waals surface area contributed by atoms with Crippen LogP contribution >= 0.6 is 0 Å². The van der Waals surface area contributed by atoms with Crippen LogP contribution in [-0.4, -0.2) is 33.4 Å². The quantitative estimate of drug-likeness (QED) is 0.686. The Labute approximate surface area is 161 Å². The maximum Gasteiger partial charge on any atom is 0.242 e. The number of anilines is 1. The van der Waals surface area contributed by atoms with Gasteiger partial charge in [-0.15, -0.1) is 0 Å². The monoisotopic (exact) mass is 380 g/mol. The van der Waals surface area contributed by atoms with Crippen molar-refractivity contribution in [2.75, 3.05) is 25.5 Å². The molecule has 0 unspecified atom stereocenters. The molecule has 0 saturated heterocycles. The molecule has 140 valence electrons. The summed E-state index contributed by atoms with van der Waals surface area (Å²) in [5.74, 6) is 0. The lowest BCUT2D eigenvalue weighted by Crippen LogP contribution is -2.29. The minimum Gasteiger partial charge on any atom is -0.367 e. The molecule has 3 aromatic carbocycles. The highest BCUT2D eigenvalue weighted by Crippen LogP contribution is 2.32. The summed E-state index contributed by atoms with van der Waals surface area (Å²) in [6.07, 6.45) is 1.95. The van der Waals surface area contributed by atoms with Crippen molar-refractivity contribution >= 4 is 26.5 Å². The summed E-state index contributed by atoms with van der Waals surface area (Å²) < 4.78 is 26.2. The third-order valence-corrected chi connectivity index (χ3v) is 7.10. The first-order valence-electron chi connectivity index (χ1n) is 9.24. The fraction of sp³-hybridized carbons (Fsp3) is 0.273. The molecule has 0 atom stereocenters. The van der Waals surface area contributed by atoms with E-state index in [1.54, 1.807) is 20.2 Å². The van der Waals surface area contributed by atoms with Gasteiger partial charge >= 0.3 is 0 Å². The molecule has 1 heterocycles. The van der Waals surface area contributed by atoms with Crippen LogP contribution in [0.15, 0.2) is 65.6 Å². The van der Waals surface area contributed by atoms with Crippen LogP contribution in [0.1, 0.15) is 17.5 Å². The molecule has 0 radical (unpaired) electrons. The number of hydrogen-bond acceptors (Lipinski definition) is 3. The Morgan fingerprint density at radius 3 is 2.59 bits per heavy atom. The number of hydrogen-bond donors (Lipinski definition) is 0. The Morgan fingerprint density at radius 1 is 1.00 bits per heavy atom. The molecular weight excluding hydrogens is 356 g/mol. The van der Waals surface area contributed by atoms with E-state index in [0.29, 0.717) is 4.90 Å². The summed E-state index contributed by atoms with van der Waals surface area (Å²) in [5.41, 5.74) is 3.56. The lowest BCUT2D eigenvalue weighted by molar-refractivity contribution is 0.520. The second kappa shape index (κ2) is 6.98. The van der Waals surface area contributed by atoms with Crippen LogP contribution in [-0.2, 0) is 23.0 Å². The first kappa shape index (κ1) is 18.0. The molecule has 0 spiro atoms. The van der Waals surface area contributed by atoms with E-state index in [1.165, 1.54) is 20.6 Å². The van der Waals surface area contributed by atoms with Crippen molar-refractivity contribution in [2.45, 2.75) is 24.3 Å². The van der Waals surface area contributed by atoms with Crippen molar-refractivity contribution in [1.82, 2.24) is 4.31 Å². The SMILES string of the molecule is CN(C)S(=O)(=O)c1ccc2c(c1)CCCN2Cc1cccc2ccccc12. The molecule has 0 fully saturated rings. The molecule has 27 heavy (non-hydrogen) atoms. The summed E-state index contributed by atoms with van der Waals surface area (Å²) in [7, 11) is -0.259. The Morgan fingerprint density at radius 2 is 1.78 bits per heavy atom. The third kappa shape index (κ3) is 3.33. The number of nitrogens with zero attached hydrogens (tertiary/aromatic N) is 2. The van der Waals surface area contributed by atoms with Gasteiger partial charge in [-0.05, 0) is 52.9 Å². The second-order valence-electron chi connectivity index (χ2n) is 7.24. The molecular formula is C22H24N2O2S. The molecule has 4 rings (SSSR count). The molecule has 0 N–H and O–H groups in total. The van der Waals surface area contributed by atoms with E-state index in [1.807, 2.05) is 12.1 Å². The predicted octanol–water partition coefficient (Wildman–Crippen LogP) is 4.04. The number of rotatable bonds is 4. The standard InChI is InChI=1S/C22H24N2O2S/c1-23(2)27(25,26)20-12-13-22-18(15-20)10-6-14-24(22)16-19-9-5-8-17-7-3-4-11-21(17)19/h3-5,7-9,11-13,15H,6,10,14,16H2,1-2H3. The lowest BCUT2D eigenvalue weighted by atomic mass is 9.99. The van der Waals surface area contributed by atoms with Crippen molar-refractivity contribution in [3.8, 4) is 0 Å². The summed E-state index contributed by atoms with van der Waals surface area (Å²) in [4.78, 5) is 2.74. The summed E-state index contributed by atoms with van der Waals surface area (Å²) in [5, 5.41) is 2.53. The average molecular weight is 381 g/mol. The van der Waals surface area contributed by atoms with Crippen LogP contribution in [0.2, 0.25) is 0 Å². The van der Waals surface area contributed by atoms with Gasteiger partial charge in [0.15, 0.2) is 0 Å². The van der Waals surface area contributed by atoms with Crippen LogP contribution in [0.5, 0.6) is 0 Å². The van der Waals surface area contributed by atoms with Gasteiger partial charge in [-0.3, -0.25) is 0 Å². The summed E-state index contributed by atoms with van der Waals surface area (Å²) >= 11 is 0. The average Bonchev–Trinajstić information content (AvgIpc) is 2.68. The number of sulfonamides is 1. The van der Waals surface area contributed by atoms with Crippen molar-refractivity contribution in [3.05, 3.63) is 71.8 Å². The second-order valence-corrected chi connectivity index (χ2v) is 9.39. The van der Waals surface area contributed by atoms with Crippen molar-refractivity contribution < 1.29 is 8.42 Å². The fourth-order valence-electron chi connectivity index (χ4n) is 3.82. The highest BCUT2D eigenvalue weighted by molar-refractivity contribution is 7.89. The Kier molecular flexibility index (Phi) is 4.66. The zero-order valence-electron chi connectivity index (χ0n) is 15.7. The van der Waals surface area contributed by atoms with Gasteiger partial charge in [0.05, 0.1) is 4.90 Å². The maximum absolute atomic E-state index is 12.4. The topological polar surface area (TPSA) is 40.6 Å². The zero-order chi connectivity index (χ0) is 19.0. The van der Waals surface area contributed by atoms with Gasteiger partial charge in [0.1, 0.15) is 0 Å². The van der Waals surface area contributed by atoms with Crippen LogP contribution < -0.4 is 4.90 Å². The molecule has 0 aromatic heterocycles. The first-order chi connectivity index (χ1) is 13.0. The van der Waals surface area contributed by atoms with Crippen molar-refractivity contribution in [1.29, 1.82) is 0 Å². The lowest BCUT2D eigenvalue weighted by Gasteiger charge is -2.32. The molecule has 4 nitrogen and oxygen atoms in total. The van der Waals surface area contributed by atoms with E-state index in [9.17, 15) is 8.42 Å². The molecule has 1 aliphatic rings. The predicted molar refractivity (Wildman–Crippen MR) is 111 cm³/mol. The number of fused-ring (bicyclic) bond motifs is 2. The van der Waals surface area contributed by atoms with Crippen LogP contribution in [0.3, 0.4) is 0 Å². The third-order valence-electron chi connectivity index (χ3n) is 5.29. The van der Waals surface area contributed by atoms with Gasteiger partial charge < -0.3 is 4.90 Å². The smallest absolute Gasteiger partial charge is 0.242 e. The zero-order valence-corrected chi connectivity index (χ0v) is 16.5. The van der Waals surface area contributed by atoms with Gasteiger partial charge in [-0.25, -0.2) is 12.7 Å². The molecule has 3 aromatic rings. The number of benzene rings is 3. The van der Waals surface area contributed by atoms with E-state index in [0.717, 1.165) is 37.2 Å². The Hall–Kier alpha value is -2.37. The largest absolute Gasteiger partial charge is 0.367 e. The first-order valence-corrected chi connectivity index (χ1v) is 10.7. The minimum atomic E-state index is -3.40. The molecule has 0 bridgehead atoms. The van der Waals surface area contributed by atoms with Gasteiger partial charge in [0, 0.05) is 32.9 Å². The molecule has 1 aliphatic heterocycles. The van der Waals surface area contributed by atoms with E-state index >= 15 is 0 Å². The van der Waals surface area contributed by atoms with E-state index in [4.69, 9.17) is 0 Å². The summed E-state index contributed by atoms with van der Waals surface area (Å²) in [6.45, 7) is 1.81. The van der Waals surface area contributed by atoms with E-state index < -0.39 is 10.0 Å². The molecule has 0 saturated carbocycles. The highest BCUT2D eigenvalue weighted by atomic mass is 32.2. The Bertz CT molecular complexity index is 1090. The highest BCUT2D eigenvalue weighted by Gasteiger charge is 2.22. The minimum absolute atomic E-state index is 0.373. The Balaban J connectivity index is 1.70. The normalized spacial score (nSPS) is 14.6. The van der Waals surface area contributed by atoms with Crippen LogP contribution in [0.25, 0.3) is 10.8 Å². The van der Waals surface area contributed by atoms with Gasteiger partial charge in [0.25, 0.3) is 0 Å². The van der Waals surface area contributed by atoms with Gasteiger partial charge in [-0.1, -0.05) is 42.5 Å². The van der Waals surface area contributed by atoms with E-state index in [-0.39, 0.29) is 0 Å². The van der Waals surface area contributed by atoms with Gasteiger partial charge in [-0.2, -0.15) is 0 Å². The molecule has 5 heteroatoms. The van der Waals surface area contributed by atoms with E-state index in [2.05, 4.69) is 47.4 Å². The fourth-order valence-corrected chi connectivity index (χ4v) is 4.78. The van der Waals surface area contributed by atoms with Crippen molar-refractivity contribution in [3.63, 3.8) is 0 Å². The van der Waals surface area contributed by atoms with Crippen molar-refractivity contribution in [2.24, 2.45) is 0 Å². The van der Waals surface area contributed by atoms with Crippen LogP contribution in [0.4, 0.5) is 5.69 Å².